The van der Waals surface area contributed by atoms with Crippen molar-refractivity contribution in [3.8, 4) is 0 Å². The lowest BCUT2D eigenvalue weighted by atomic mass is 10.2. The van der Waals surface area contributed by atoms with Crippen molar-refractivity contribution in [3.05, 3.63) is 67.7 Å². The fourth-order valence-electron chi connectivity index (χ4n) is 2.16. The molecule has 0 aliphatic heterocycles. The van der Waals surface area contributed by atoms with Gasteiger partial charge in [-0.15, -0.1) is 0 Å². The number of hydrogen-bond donors (Lipinski definition) is 2. The molecule has 152 valence electrons. The van der Waals surface area contributed by atoms with E-state index in [1.54, 1.807) is 25.1 Å². The monoisotopic (exact) mass is 439 g/mol. The number of nitro groups is 1. The van der Waals surface area contributed by atoms with E-state index < -0.39 is 29.3 Å². The highest BCUT2D eigenvalue weighted by atomic mass is 35.5. The first-order valence-electron chi connectivity index (χ1n) is 8.11. The summed E-state index contributed by atoms with van der Waals surface area (Å²) >= 11 is 11.8. The van der Waals surface area contributed by atoms with E-state index in [9.17, 15) is 24.5 Å². The Labute approximate surface area is 175 Å². The maximum Gasteiger partial charge on any atom is 0.340 e. The molecule has 0 heterocycles. The molecule has 0 radical (unpaired) electrons. The number of hydrogen-bond acceptors (Lipinski definition) is 6. The van der Waals surface area contributed by atoms with Gasteiger partial charge in [0.2, 0.25) is 5.91 Å². The second-order valence-electron chi connectivity index (χ2n) is 5.73. The number of esters is 1. The van der Waals surface area contributed by atoms with Crippen molar-refractivity contribution >= 4 is 52.4 Å². The van der Waals surface area contributed by atoms with Crippen LogP contribution in [-0.4, -0.2) is 35.9 Å². The number of nitro benzene ring substituents is 1. The summed E-state index contributed by atoms with van der Waals surface area (Å²) in [5.74, 6) is -2.25. The third kappa shape index (κ3) is 6.16. The van der Waals surface area contributed by atoms with Crippen LogP contribution in [0.25, 0.3) is 0 Å². The molecule has 29 heavy (non-hydrogen) atoms. The summed E-state index contributed by atoms with van der Waals surface area (Å²) in [7, 11) is 0. The Morgan fingerprint density at radius 2 is 1.83 bits per heavy atom. The fourth-order valence-corrected chi connectivity index (χ4v) is 2.53. The third-order valence-electron chi connectivity index (χ3n) is 3.70. The van der Waals surface area contributed by atoms with E-state index in [4.69, 9.17) is 27.9 Å². The second-order valence-corrected chi connectivity index (χ2v) is 6.55. The number of amides is 2. The molecule has 11 heteroatoms. The molecular weight excluding hydrogens is 425 g/mol. The van der Waals surface area contributed by atoms with Crippen LogP contribution in [-0.2, 0) is 14.3 Å². The van der Waals surface area contributed by atoms with E-state index in [-0.39, 0.29) is 22.8 Å². The standard InChI is InChI=1S/C18H15Cl2N3O6/c1-10-13(19)3-2-4-15(10)22-16(24)8-21-17(25)9-29-18(26)12-7-11(23(27)28)5-6-14(12)20/h2-7H,8-9H2,1H3,(H,21,25)(H,22,24). The number of ether oxygens (including phenoxy) is 1. The van der Waals surface area contributed by atoms with E-state index in [1.807, 2.05) is 0 Å². The van der Waals surface area contributed by atoms with Crippen LogP contribution in [0.15, 0.2) is 36.4 Å². The molecule has 9 nitrogen and oxygen atoms in total. The van der Waals surface area contributed by atoms with Gasteiger partial charge in [-0.1, -0.05) is 29.3 Å². The average molecular weight is 440 g/mol. The summed E-state index contributed by atoms with van der Waals surface area (Å²) in [5.41, 5.74) is 0.585. The number of benzene rings is 2. The zero-order valence-electron chi connectivity index (χ0n) is 15.0. The predicted octanol–water partition coefficient (Wildman–Crippen LogP) is 3.12. The molecular formula is C18H15Cl2N3O6. The van der Waals surface area contributed by atoms with Gasteiger partial charge in [-0.3, -0.25) is 19.7 Å². The van der Waals surface area contributed by atoms with E-state index >= 15 is 0 Å². The number of carbonyl (C=O) groups is 3. The average Bonchev–Trinajstić information content (AvgIpc) is 2.68. The Morgan fingerprint density at radius 3 is 2.52 bits per heavy atom. The van der Waals surface area contributed by atoms with E-state index in [1.165, 1.54) is 6.07 Å². The zero-order valence-corrected chi connectivity index (χ0v) is 16.5. The van der Waals surface area contributed by atoms with Crippen molar-refractivity contribution in [2.45, 2.75) is 6.92 Å². The first-order valence-corrected chi connectivity index (χ1v) is 8.87. The number of carbonyl (C=O) groups excluding carboxylic acids is 3. The van der Waals surface area contributed by atoms with Crippen molar-refractivity contribution in [1.29, 1.82) is 0 Å². The van der Waals surface area contributed by atoms with E-state index in [0.717, 1.165) is 12.1 Å². The fraction of sp³-hybridized carbons (Fsp3) is 0.167. The second kappa shape index (κ2) is 9.85. The van der Waals surface area contributed by atoms with Gasteiger partial charge in [0.1, 0.15) is 0 Å². The summed E-state index contributed by atoms with van der Waals surface area (Å²) in [4.78, 5) is 45.8. The van der Waals surface area contributed by atoms with Crippen molar-refractivity contribution in [3.63, 3.8) is 0 Å². The number of rotatable bonds is 7. The Balaban J connectivity index is 1.84. The molecule has 0 fully saturated rings. The molecule has 2 N–H and O–H groups in total. The lowest BCUT2D eigenvalue weighted by Crippen LogP contribution is -2.35. The summed E-state index contributed by atoms with van der Waals surface area (Å²) in [6.07, 6.45) is 0. The molecule has 0 spiro atoms. The molecule has 0 atom stereocenters. The Kier molecular flexibility index (Phi) is 7.52. The topological polar surface area (TPSA) is 128 Å². The molecule has 0 aliphatic carbocycles. The van der Waals surface area contributed by atoms with Gasteiger partial charge in [0.05, 0.1) is 22.1 Å². The van der Waals surface area contributed by atoms with Gasteiger partial charge in [0.15, 0.2) is 6.61 Å². The van der Waals surface area contributed by atoms with Gasteiger partial charge < -0.3 is 15.4 Å². The van der Waals surface area contributed by atoms with Gasteiger partial charge in [0.25, 0.3) is 11.6 Å². The van der Waals surface area contributed by atoms with Gasteiger partial charge in [-0.25, -0.2) is 4.79 Å². The Morgan fingerprint density at radius 1 is 1.10 bits per heavy atom. The smallest absolute Gasteiger partial charge is 0.340 e. The summed E-state index contributed by atoms with van der Waals surface area (Å²) in [5, 5.41) is 16.1. The minimum Gasteiger partial charge on any atom is -0.452 e. The molecule has 0 aliphatic rings. The number of anilines is 1. The highest BCUT2D eigenvalue weighted by Gasteiger charge is 2.18. The van der Waals surface area contributed by atoms with Crippen LogP contribution in [0.5, 0.6) is 0 Å². The maximum atomic E-state index is 12.0. The van der Waals surface area contributed by atoms with E-state index in [0.29, 0.717) is 16.3 Å². The molecule has 0 saturated heterocycles. The highest BCUT2D eigenvalue weighted by molar-refractivity contribution is 6.33. The molecule has 0 aromatic heterocycles. The number of nitrogens with zero attached hydrogens (tertiary/aromatic N) is 1. The molecule has 2 amide bonds. The summed E-state index contributed by atoms with van der Waals surface area (Å²) in [6, 6.07) is 8.26. The van der Waals surface area contributed by atoms with Crippen LogP contribution < -0.4 is 10.6 Å². The predicted molar refractivity (Wildman–Crippen MR) is 106 cm³/mol. The first-order chi connectivity index (χ1) is 13.7. The molecule has 0 saturated carbocycles. The molecule has 2 aromatic carbocycles. The van der Waals surface area contributed by atoms with Gasteiger partial charge in [0, 0.05) is 22.8 Å². The van der Waals surface area contributed by atoms with Crippen LogP contribution >= 0.6 is 23.2 Å². The Hall–Kier alpha value is -3.17. The van der Waals surface area contributed by atoms with Crippen LogP contribution in [0.2, 0.25) is 10.0 Å². The Bertz CT molecular complexity index is 980. The first kappa shape index (κ1) is 22.1. The van der Waals surface area contributed by atoms with Gasteiger partial charge in [-0.05, 0) is 30.7 Å². The summed E-state index contributed by atoms with van der Waals surface area (Å²) < 4.78 is 4.78. The van der Waals surface area contributed by atoms with Crippen molar-refractivity contribution < 1.29 is 24.0 Å². The minimum atomic E-state index is -1.01. The number of halogens is 2. The third-order valence-corrected chi connectivity index (χ3v) is 4.44. The van der Waals surface area contributed by atoms with Crippen LogP contribution in [0.3, 0.4) is 0 Å². The van der Waals surface area contributed by atoms with Crippen LogP contribution in [0, 0.1) is 17.0 Å². The summed E-state index contributed by atoms with van der Waals surface area (Å²) in [6.45, 7) is 0.677. The lowest BCUT2D eigenvalue weighted by molar-refractivity contribution is -0.384. The lowest BCUT2D eigenvalue weighted by Gasteiger charge is -2.10. The molecule has 0 bridgehead atoms. The zero-order chi connectivity index (χ0) is 21.6. The van der Waals surface area contributed by atoms with Gasteiger partial charge >= 0.3 is 5.97 Å². The number of non-ortho nitro benzene ring substituents is 1. The normalized spacial score (nSPS) is 10.2. The minimum absolute atomic E-state index is 0.0581. The molecule has 2 rings (SSSR count). The van der Waals surface area contributed by atoms with Crippen molar-refractivity contribution in [1.82, 2.24) is 5.32 Å². The van der Waals surface area contributed by atoms with Crippen molar-refractivity contribution in [2.75, 3.05) is 18.5 Å². The highest BCUT2D eigenvalue weighted by Crippen LogP contribution is 2.23. The van der Waals surface area contributed by atoms with E-state index in [2.05, 4.69) is 10.6 Å². The molecule has 0 unspecified atom stereocenters. The molecule has 2 aromatic rings. The van der Waals surface area contributed by atoms with Crippen LogP contribution in [0.4, 0.5) is 11.4 Å². The van der Waals surface area contributed by atoms with Crippen molar-refractivity contribution in [2.24, 2.45) is 0 Å². The van der Waals surface area contributed by atoms with Gasteiger partial charge in [-0.2, -0.15) is 0 Å². The van der Waals surface area contributed by atoms with Crippen LogP contribution in [0.1, 0.15) is 15.9 Å². The maximum absolute atomic E-state index is 12.0. The number of nitrogens with one attached hydrogen (secondary N) is 2. The quantitative estimate of drug-likeness (QED) is 0.387. The largest absolute Gasteiger partial charge is 0.452 e. The SMILES string of the molecule is Cc1c(Cl)cccc1NC(=O)CNC(=O)COC(=O)c1cc([N+](=O)[O-])ccc1Cl.